The number of piperazine rings is 1. The van der Waals surface area contributed by atoms with Crippen LogP contribution in [0.3, 0.4) is 0 Å². The van der Waals surface area contributed by atoms with Crippen molar-refractivity contribution in [2.45, 2.75) is 6.54 Å². The first-order valence-electron chi connectivity index (χ1n) is 9.62. The Bertz CT molecular complexity index is 1090. The van der Waals surface area contributed by atoms with Gasteiger partial charge in [0.1, 0.15) is 6.54 Å². The van der Waals surface area contributed by atoms with E-state index in [0.717, 1.165) is 28.8 Å². The second-order valence-electron chi connectivity index (χ2n) is 7.07. The summed E-state index contributed by atoms with van der Waals surface area (Å²) in [6.45, 7) is 2.60. The van der Waals surface area contributed by atoms with Gasteiger partial charge < -0.3 is 9.80 Å². The SMILES string of the molecule is O=C(Cn1nc(-c2ccc(Br)cc2)ccc1=O)N1CCN(c2ccc(Cl)cc2)CC1. The molecule has 0 saturated carbocycles. The van der Waals surface area contributed by atoms with Gasteiger partial charge in [-0.2, -0.15) is 5.10 Å². The molecule has 1 aliphatic rings. The van der Waals surface area contributed by atoms with Gasteiger partial charge in [0.25, 0.3) is 5.56 Å². The standard InChI is InChI=1S/C22H20BrClN4O2/c23-17-3-1-16(2-4-17)20-9-10-21(29)28(25-20)15-22(30)27-13-11-26(12-14-27)19-7-5-18(24)6-8-19/h1-10H,11-15H2. The summed E-state index contributed by atoms with van der Waals surface area (Å²) in [7, 11) is 0. The van der Waals surface area contributed by atoms with Crippen molar-refractivity contribution in [3.05, 3.63) is 80.5 Å². The van der Waals surface area contributed by atoms with E-state index in [9.17, 15) is 9.59 Å². The number of benzene rings is 2. The van der Waals surface area contributed by atoms with Crippen molar-refractivity contribution in [2.24, 2.45) is 0 Å². The predicted octanol–water partition coefficient (Wildman–Crippen LogP) is 3.68. The number of halogens is 2. The Labute approximate surface area is 187 Å². The molecule has 3 aromatic rings. The zero-order valence-corrected chi connectivity index (χ0v) is 18.5. The Morgan fingerprint density at radius 3 is 2.27 bits per heavy atom. The Hall–Kier alpha value is -2.64. The van der Waals surface area contributed by atoms with E-state index in [4.69, 9.17) is 11.6 Å². The van der Waals surface area contributed by atoms with E-state index in [-0.39, 0.29) is 18.0 Å². The summed E-state index contributed by atoms with van der Waals surface area (Å²) in [5, 5.41) is 5.10. The Kier molecular flexibility index (Phi) is 6.20. The van der Waals surface area contributed by atoms with Crippen LogP contribution in [0.25, 0.3) is 11.3 Å². The average Bonchev–Trinajstić information content (AvgIpc) is 2.76. The average molecular weight is 488 g/mol. The maximum absolute atomic E-state index is 12.8. The molecule has 1 fully saturated rings. The lowest BCUT2D eigenvalue weighted by Gasteiger charge is -2.36. The minimum absolute atomic E-state index is 0.0653. The highest BCUT2D eigenvalue weighted by atomic mass is 79.9. The molecule has 0 N–H and O–H groups in total. The van der Waals surface area contributed by atoms with Gasteiger partial charge in [-0.15, -0.1) is 0 Å². The quantitative estimate of drug-likeness (QED) is 0.563. The van der Waals surface area contributed by atoms with Gasteiger partial charge in [0.05, 0.1) is 5.69 Å². The Morgan fingerprint density at radius 2 is 1.60 bits per heavy atom. The molecule has 1 amide bonds. The molecule has 4 rings (SSSR count). The third-order valence-electron chi connectivity index (χ3n) is 5.12. The van der Waals surface area contributed by atoms with Gasteiger partial charge in [-0.25, -0.2) is 4.68 Å². The molecule has 8 heteroatoms. The number of hydrogen-bond acceptors (Lipinski definition) is 4. The van der Waals surface area contributed by atoms with E-state index >= 15 is 0 Å². The van der Waals surface area contributed by atoms with E-state index in [1.807, 2.05) is 48.5 Å². The van der Waals surface area contributed by atoms with E-state index in [1.54, 1.807) is 11.0 Å². The molecule has 0 bridgehead atoms. The van der Waals surface area contributed by atoms with Crippen LogP contribution in [0.15, 0.2) is 69.9 Å². The Morgan fingerprint density at radius 1 is 0.933 bits per heavy atom. The number of aromatic nitrogens is 2. The second kappa shape index (κ2) is 9.02. The van der Waals surface area contributed by atoms with Gasteiger partial charge in [0, 0.05) is 53.0 Å². The summed E-state index contributed by atoms with van der Waals surface area (Å²) in [5.41, 5.74) is 2.34. The van der Waals surface area contributed by atoms with Crippen molar-refractivity contribution in [1.29, 1.82) is 0 Å². The molecule has 1 saturated heterocycles. The summed E-state index contributed by atoms with van der Waals surface area (Å²) in [6.07, 6.45) is 0. The lowest BCUT2D eigenvalue weighted by Crippen LogP contribution is -2.50. The van der Waals surface area contributed by atoms with Crippen LogP contribution in [0.4, 0.5) is 5.69 Å². The third kappa shape index (κ3) is 4.74. The van der Waals surface area contributed by atoms with E-state index in [1.165, 1.54) is 10.7 Å². The highest BCUT2D eigenvalue weighted by Crippen LogP contribution is 2.20. The first kappa shape index (κ1) is 20.6. The van der Waals surface area contributed by atoms with Gasteiger partial charge in [-0.05, 0) is 42.5 Å². The largest absolute Gasteiger partial charge is 0.368 e. The molecule has 30 heavy (non-hydrogen) atoms. The summed E-state index contributed by atoms with van der Waals surface area (Å²) in [4.78, 5) is 29.0. The molecule has 0 unspecified atom stereocenters. The van der Waals surface area contributed by atoms with Crippen molar-refractivity contribution in [3.8, 4) is 11.3 Å². The van der Waals surface area contributed by atoms with Crippen LogP contribution in [0, 0.1) is 0 Å². The molecule has 154 valence electrons. The predicted molar refractivity (Wildman–Crippen MR) is 122 cm³/mol. The smallest absolute Gasteiger partial charge is 0.267 e. The number of nitrogens with zero attached hydrogens (tertiary/aromatic N) is 4. The minimum atomic E-state index is -0.288. The zero-order valence-electron chi connectivity index (χ0n) is 16.2. The molecular formula is C22H20BrClN4O2. The first-order chi connectivity index (χ1) is 14.5. The molecule has 6 nitrogen and oxygen atoms in total. The fraction of sp³-hybridized carbons (Fsp3) is 0.227. The van der Waals surface area contributed by atoms with Gasteiger partial charge in [-0.3, -0.25) is 9.59 Å². The molecule has 1 aromatic heterocycles. The van der Waals surface area contributed by atoms with Gasteiger partial charge in [0.15, 0.2) is 0 Å². The third-order valence-corrected chi connectivity index (χ3v) is 5.90. The van der Waals surface area contributed by atoms with Crippen molar-refractivity contribution in [2.75, 3.05) is 31.1 Å². The van der Waals surface area contributed by atoms with Crippen molar-refractivity contribution in [3.63, 3.8) is 0 Å². The zero-order chi connectivity index (χ0) is 21.1. The Balaban J connectivity index is 1.42. The van der Waals surface area contributed by atoms with Crippen LogP contribution < -0.4 is 10.5 Å². The first-order valence-corrected chi connectivity index (χ1v) is 10.8. The van der Waals surface area contributed by atoms with Crippen LogP contribution >= 0.6 is 27.5 Å². The molecular weight excluding hydrogens is 468 g/mol. The van der Waals surface area contributed by atoms with Crippen LogP contribution in [0.2, 0.25) is 5.02 Å². The molecule has 1 aliphatic heterocycles. The fourth-order valence-corrected chi connectivity index (χ4v) is 3.82. The maximum Gasteiger partial charge on any atom is 0.267 e. The number of amides is 1. The highest BCUT2D eigenvalue weighted by Gasteiger charge is 2.22. The van der Waals surface area contributed by atoms with Gasteiger partial charge >= 0.3 is 0 Å². The van der Waals surface area contributed by atoms with Gasteiger partial charge in [0.2, 0.25) is 5.91 Å². The summed E-state index contributed by atoms with van der Waals surface area (Å²) in [5.74, 6) is -0.103. The van der Waals surface area contributed by atoms with E-state index in [2.05, 4.69) is 25.9 Å². The number of anilines is 1. The highest BCUT2D eigenvalue weighted by molar-refractivity contribution is 9.10. The van der Waals surface area contributed by atoms with E-state index in [0.29, 0.717) is 23.8 Å². The number of rotatable bonds is 4. The van der Waals surface area contributed by atoms with Crippen LogP contribution in [0.1, 0.15) is 0 Å². The number of carbonyl (C=O) groups excluding carboxylic acids is 1. The monoisotopic (exact) mass is 486 g/mol. The molecule has 2 aromatic carbocycles. The fourth-order valence-electron chi connectivity index (χ4n) is 3.43. The van der Waals surface area contributed by atoms with Crippen molar-refractivity contribution < 1.29 is 4.79 Å². The molecule has 0 aliphatic carbocycles. The van der Waals surface area contributed by atoms with Gasteiger partial charge in [-0.1, -0.05) is 39.7 Å². The summed E-state index contributed by atoms with van der Waals surface area (Å²) < 4.78 is 2.21. The lowest BCUT2D eigenvalue weighted by molar-refractivity contribution is -0.132. The molecule has 0 atom stereocenters. The minimum Gasteiger partial charge on any atom is -0.368 e. The second-order valence-corrected chi connectivity index (χ2v) is 8.42. The maximum atomic E-state index is 12.8. The molecule has 0 radical (unpaired) electrons. The van der Waals surface area contributed by atoms with Crippen LogP contribution in [-0.4, -0.2) is 46.8 Å². The van der Waals surface area contributed by atoms with Crippen LogP contribution in [-0.2, 0) is 11.3 Å². The van der Waals surface area contributed by atoms with Crippen LogP contribution in [0.5, 0.6) is 0 Å². The summed E-state index contributed by atoms with van der Waals surface area (Å²) >= 11 is 9.36. The molecule has 0 spiro atoms. The lowest BCUT2D eigenvalue weighted by atomic mass is 10.1. The molecule has 2 heterocycles. The summed E-state index contributed by atoms with van der Waals surface area (Å²) in [6, 6.07) is 18.5. The topological polar surface area (TPSA) is 58.4 Å². The van der Waals surface area contributed by atoms with Crippen molar-refractivity contribution >= 4 is 39.1 Å². The normalized spacial score (nSPS) is 14.1. The number of hydrogen-bond donors (Lipinski definition) is 0. The number of carbonyl (C=O) groups is 1. The van der Waals surface area contributed by atoms with E-state index < -0.39 is 0 Å². The van der Waals surface area contributed by atoms with Crippen molar-refractivity contribution in [1.82, 2.24) is 14.7 Å².